The van der Waals surface area contributed by atoms with Gasteiger partial charge in [-0.25, -0.2) is 0 Å². The van der Waals surface area contributed by atoms with Crippen molar-refractivity contribution in [1.82, 2.24) is 0 Å². The fourth-order valence-electron chi connectivity index (χ4n) is 1.48. The SMILES string of the molecule is C/C(=C\c1ccccc1)[C@@H](O)CC#C[Si](C)(C)C. The lowest BCUT2D eigenvalue weighted by atomic mass is 10.1. The molecule has 0 aliphatic carbocycles. The quantitative estimate of drug-likeness (QED) is 0.647. The highest BCUT2D eigenvalue weighted by atomic mass is 28.3. The minimum absolute atomic E-state index is 0.464. The van der Waals surface area contributed by atoms with E-state index in [9.17, 15) is 5.11 Å². The Morgan fingerprint density at radius 3 is 2.44 bits per heavy atom. The summed E-state index contributed by atoms with van der Waals surface area (Å²) in [6.45, 7) is 8.57. The Morgan fingerprint density at radius 1 is 1.28 bits per heavy atom. The van der Waals surface area contributed by atoms with Crippen LogP contribution in [0.5, 0.6) is 0 Å². The Bertz CT molecular complexity index is 457. The van der Waals surface area contributed by atoms with E-state index in [4.69, 9.17) is 0 Å². The first-order chi connectivity index (χ1) is 8.38. The summed E-state index contributed by atoms with van der Waals surface area (Å²) in [7, 11) is -1.32. The molecule has 0 aliphatic heterocycles. The van der Waals surface area contributed by atoms with Gasteiger partial charge in [0.1, 0.15) is 8.07 Å². The summed E-state index contributed by atoms with van der Waals surface area (Å²) < 4.78 is 0. The predicted octanol–water partition coefficient (Wildman–Crippen LogP) is 3.72. The molecule has 18 heavy (non-hydrogen) atoms. The molecule has 0 saturated carbocycles. The summed E-state index contributed by atoms with van der Waals surface area (Å²) >= 11 is 0. The van der Waals surface area contributed by atoms with Gasteiger partial charge >= 0.3 is 0 Å². The second-order valence-corrected chi connectivity index (χ2v) is 10.3. The smallest absolute Gasteiger partial charge is 0.129 e. The molecule has 0 radical (unpaired) electrons. The average Bonchev–Trinajstić information content (AvgIpc) is 2.28. The number of hydrogen-bond donors (Lipinski definition) is 1. The van der Waals surface area contributed by atoms with Gasteiger partial charge in [0.15, 0.2) is 0 Å². The molecule has 0 aliphatic rings. The van der Waals surface area contributed by atoms with Gasteiger partial charge < -0.3 is 5.11 Å². The molecule has 0 fully saturated rings. The van der Waals surface area contributed by atoms with Gasteiger partial charge in [0.05, 0.1) is 6.10 Å². The molecule has 0 spiro atoms. The van der Waals surface area contributed by atoms with E-state index in [2.05, 4.69) is 31.1 Å². The van der Waals surface area contributed by atoms with Crippen LogP contribution in [0.4, 0.5) is 0 Å². The lowest BCUT2D eigenvalue weighted by molar-refractivity contribution is 0.218. The number of rotatable bonds is 3. The first kappa shape index (κ1) is 14.8. The topological polar surface area (TPSA) is 20.2 Å². The van der Waals surface area contributed by atoms with Crippen molar-refractivity contribution in [1.29, 1.82) is 0 Å². The van der Waals surface area contributed by atoms with Crippen LogP contribution in [-0.4, -0.2) is 19.3 Å². The fourth-order valence-corrected chi connectivity index (χ4v) is 2.11. The van der Waals surface area contributed by atoms with Crippen molar-refractivity contribution in [3.63, 3.8) is 0 Å². The van der Waals surface area contributed by atoms with Gasteiger partial charge in [0, 0.05) is 6.42 Å². The van der Waals surface area contributed by atoms with E-state index in [1.54, 1.807) is 0 Å². The standard InChI is InChI=1S/C16H22OSi/c1-14(13-15-9-6-5-7-10-15)16(17)11-8-12-18(2,3)4/h5-7,9-10,13,16-17H,11H2,1-4H3/b14-13+/t16-/m0/s1. The Kier molecular flexibility index (Phi) is 5.40. The van der Waals surface area contributed by atoms with E-state index >= 15 is 0 Å². The first-order valence-electron chi connectivity index (χ1n) is 6.30. The van der Waals surface area contributed by atoms with Crippen LogP contribution in [0.2, 0.25) is 19.6 Å². The van der Waals surface area contributed by atoms with Gasteiger partial charge in [-0.2, -0.15) is 0 Å². The van der Waals surface area contributed by atoms with E-state index in [1.807, 2.05) is 43.3 Å². The highest BCUT2D eigenvalue weighted by Gasteiger charge is 2.08. The van der Waals surface area contributed by atoms with Crippen molar-refractivity contribution >= 4 is 14.1 Å². The molecule has 2 heteroatoms. The Morgan fingerprint density at radius 2 is 1.89 bits per heavy atom. The molecule has 0 bridgehead atoms. The van der Waals surface area contributed by atoms with Crippen LogP contribution >= 0.6 is 0 Å². The highest BCUT2D eigenvalue weighted by molar-refractivity contribution is 6.83. The van der Waals surface area contributed by atoms with Gasteiger partial charge in [0.2, 0.25) is 0 Å². The van der Waals surface area contributed by atoms with E-state index < -0.39 is 14.2 Å². The second-order valence-electron chi connectivity index (χ2n) is 5.57. The number of aliphatic hydroxyl groups is 1. The molecule has 1 aromatic carbocycles. The van der Waals surface area contributed by atoms with Crippen molar-refractivity contribution in [2.75, 3.05) is 0 Å². The first-order valence-corrected chi connectivity index (χ1v) is 9.80. The molecule has 1 N–H and O–H groups in total. The molecule has 1 aromatic rings. The Balaban J connectivity index is 2.64. The normalized spacial score (nSPS) is 13.7. The molecule has 1 nitrogen and oxygen atoms in total. The summed E-state index contributed by atoms with van der Waals surface area (Å²) in [6, 6.07) is 10.0. The maximum atomic E-state index is 10.0. The zero-order valence-electron chi connectivity index (χ0n) is 11.7. The van der Waals surface area contributed by atoms with E-state index in [1.165, 1.54) is 0 Å². The molecular formula is C16H22OSi. The largest absolute Gasteiger partial charge is 0.388 e. The third-order valence-electron chi connectivity index (χ3n) is 2.48. The number of aliphatic hydroxyl groups excluding tert-OH is 1. The van der Waals surface area contributed by atoms with Crippen LogP contribution < -0.4 is 0 Å². The molecule has 1 rings (SSSR count). The molecule has 96 valence electrons. The Labute approximate surface area is 112 Å². The van der Waals surface area contributed by atoms with Gasteiger partial charge in [-0.1, -0.05) is 56.0 Å². The van der Waals surface area contributed by atoms with Gasteiger partial charge in [-0.05, 0) is 18.1 Å². The minimum atomic E-state index is -1.32. The third-order valence-corrected chi connectivity index (χ3v) is 3.41. The molecule has 0 saturated heterocycles. The maximum Gasteiger partial charge on any atom is 0.129 e. The van der Waals surface area contributed by atoms with Gasteiger partial charge in [0.25, 0.3) is 0 Å². The molecule has 0 amide bonds. The lowest BCUT2D eigenvalue weighted by Crippen LogP contribution is -2.17. The summed E-state index contributed by atoms with van der Waals surface area (Å²) in [5.74, 6) is 3.11. The molecule has 0 heterocycles. The van der Waals surface area contributed by atoms with Crippen LogP contribution in [0.3, 0.4) is 0 Å². The average molecular weight is 258 g/mol. The van der Waals surface area contributed by atoms with E-state index in [0.717, 1.165) is 11.1 Å². The highest BCUT2D eigenvalue weighted by Crippen LogP contribution is 2.11. The predicted molar refractivity (Wildman–Crippen MR) is 81.8 cm³/mol. The van der Waals surface area contributed by atoms with Crippen molar-refractivity contribution in [3.05, 3.63) is 41.5 Å². The van der Waals surface area contributed by atoms with Crippen molar-refractivity contribution in [2.24, 2.45) is 0 Å². The van der Waals surface area contributed by atoms with Gasteiger partial charge in [-0.3, -0.25) is 0 Å². The maximum absolute atomic E-state index is 10.0. The monoisotopic (exact) mass is 258 g/mol. The van der Waals surface area contributed by atoms with E-state index in [0.29, 0.717) is 6.42 Å². The fraction of sp³-hybridized carbons (Fsp3) is 0.375. The summed E-state index contributed by atoms with van der Waals surface area (Å²) in [5, 5.41) is 10.0. The Hall–Kier alpha value is -1.30. The zero-order valence-corrected chi connectivity index (χ0v) is 12.7. The van der Waals surface area contributed by atoms with Crippen LogP contribution in [0, 0.1) is 11.5 Å². The molecule has 1 atom stereocenters. The van der Waals surface area contributed by atoms with Crippen molar-refractivity contribution < 1.29 is 5.11 Å². The van der Waals surface area contributed by atoms with Gasteiger partial charge in [-0.15, -0.1) is 11.5 Å². The molecular weight excluding hydrogens is 236 g/mol. The minimum Gasteiger partial charge on any atom is -0.388 e. The molecule has 0 aromatic heterocycles. The van der Waals surface area contributed by atoms with Crippen molar-refractivity contribution in [2.45, 2.75) is 39.1 Å². The summed E-state index contributed by atoms with van der Waals surface area (Å²) in [4.78, 5) is 0. The summed E-state index contributed by atoms with van der Waals surface area (Å²) in [5.41, 5.74) is 5.35. The zero-order chi connectivity index (χ0) is 13.6. The number of hydrogen-bond acceptors (Lipinski definition) is 1. The lowest BCUT2D eigenvalue weighted by Gasteiger charge is -2.09. The van der Waals surface area contributed by atoms with Crippen LogP contribution in [0.15, 0.2) is 35.9 Å². The van der Waals surface area contributed by atoms with E-state index in [-0.39, 0.29) is 0 Å². The van der Waals surface area contributed by atoms with Crippen LogP contribution in [0.25, 0.3) is 6.08 Å². The van der Waals surface area contributed by atoms with Crippen molar-refractivity contribution in [3.8, 4) is 11.5 Å². The summed E-state index contributed by atoms with van der Waals surface area (Å²) in [6.07, 6.45) is 2.08. The van der Waals surface area contributed by atoms with Crippen LogP contribution in [0.1, 0.15) is 18.9 Å². The molecule has 0 unspecified atom stereocenters. The van der Waals surface area contributed by atoms with Crippen LogP contribution in [-0.2, 0) is 0 Å². The third kappa shape index (κ3) is 5.86. The number of benzene rings is 1. The second kappa shape index (κ2) is 6.58.